The van der Waals surface area contributed by atoms with Crippen LogP contribution in [0, 0.1) is 0 Å². The Labute approximate surface area is 66.5 Å². The van der Waals surface area contributed by atoms with Gasteiger partial charge in [0.1, 0.15) is 5.60 Å². The minimum atomic E-state index is -0.717. The first-order valence-corrected chi connectivity index (χ1v) is 4.25. The van der Waals surface area contributed by atoms with Gasteiger partial charge in [-0.2, -0.15) is 0 Å². The van der Waals surface area contributed by atoms with Crippen LogP contribution in [-0.2, 0) is 4.74 Å². The molecule has 1 aliphatic carbocycles. The van der Waals surface area contributed by atoms with Crippen molar-refractivity contribution in [2.45, 2.75) is 36.8 Å². The predicted octanol–water partition coefficient (Wildman–Crippen LogP) is 0.0192. The van der Waals surface area contributed by atoms with Crippen molar-refractivity contribution >= 4 is 0 Å². The maximum absolute atomic E-state index is 10.0. The predicted molar refractivity (Wildman–Crippen MR) is 41.2 cm³/mol. The SMILES string of the molecule is NC1(C2(O)CCCOC2)CC1. The van der Waals surface area contributed by atoms with E-state index in [2.05, 4.69) is 0 Å². The van der Waals surface area contributed by atoms with Crippen molar-refractivity contribution in [1.82, 2.24) is 0 Å². The zero-order chi connectivity index (χ0) is 7.95. The first-order valence-electron chi connectivity index (χ1n) is 4.25. The molecule has 11 heavy (non-hydrogen) atoms. The summed E-state index contributed by atoms with van der Waals surface area (Å²) in [5, 5.41) is 10.0. The van der Waals surface area contributed by atoms with E-state index >= 15 is 0 Å². The van der Waals surface area contributed by atoms with Gasteiger partial charge in [0.05, 0.1) is 6.61 Å². The number of hydrogen-bond donors (Lipinski definition) is 2. The van der Waals surface area contributed by atoms with Crippen LogP contribution in [0.25, 0.3) is 0 Å². The highest BCUT2D eigenvalue weighted by atomic mass is 16.5. The molecule has 3 N–H and O–H groups in total. The minimum Gasteiger partial charge on any atom is -0.386 e. The lowest BCUT2D eigenvalue weighted by atomic mass is 9.87. The molecule has 2 fully saturated rings. The summed E-state index contributed by atoms with van der Waals surface area (Å²) >= 11 is 0. The topological polar surface area (TPSA) is 55.5 Å². The molecule has 64 valence electrons. The second-order valence-electron chi connectivity index (χ2n) is 3.84. The third-order valence-corrected chi connectivity index (χ3v) is 2.94. The van der Waals surface area contributed by atoms with Crippen LogP contribution in [0.2, 0.25) is 0 Å². The highest BCUT2D eigenvalue weighted by Gasteiger charge is 2.56. The Balaban J connectivity index is 2.07. The van der Waals surface area contributed by atoms with Gasteiger partial charge in [-0.15, -0.1) is 0 Å². The van der Waals surface area contributed by atoms with E-state index in [1.807, 2.05) is 0 Å². The molecule has 3 nitrogen and oxygen atoms in total. The van der Waals surface area contributed by atoms with Gasteiger partial charge in [0.15, 0.2) is 0 Å². The summed E-state index contributed by atoms with van der Waals surface area (Å²) < 4.78 is 5.22. The van der Waals surface area contributed by atoms with Crippen LogP contribution in [-0.4, -0.2) is 29.5 Å². The van der Waals surface area contributed by atoms with E-state index in [1.165, 1.54) is 0 Å². The van der Waals surface area contributed by atoms with Crippen LogP contribution in [0.3, 0.4) is 0 Å². The molecule has 2 aliphatic rings. The van der Waals surface area contributed by atoms with Gasteiger partial charge in [0.25, 0.3) is 0 Å². The Hall–Kier alpha value is -0.120. The van der Waals surface area contributed by atoms with Crippen LogP contribution in [0.4, 0.5) is 0 Å². The Morgan fingerprint density at radius 2 is 2.00 bits per heavy atom. The Bertz CT molecular complexity index is 159. The third kappa shape index (κ3) is 1.08. The smallest absolute Gasteiger partial charge is 0.106 e. The van der Waals surface area contributed by atoms with Crippen molar-refractivity contribution < 1.29 is 9.84 Å². The maximum Gasteiger partial charge on any atom is 0.106 e. The van der Waals surface area contributed by atoms with Gasteiger partial charge in [-0.3, -0.25) is 0 Å². The van der Waals surface area contributed by atoms with Crippen LogP contribution in [0.1, 0.15) is 25.7 Å². The van der Waals surface area contributed by atoms with Crippen molar-refractivity contribution in [3.05, 3.63) is 0 Å². The van der Waals surface area contributed by atoms with Crippen molar-refractivity contribution in [3.8, 4) is 0 Å². The van der Waals surface area contributed by atoms with Gasteiger partial charge >= 0.3 is 0 Å². The highest BCUT2D eigenvalue weighted by Crippen LogP contribution is 2.45. The summed E-state index contributed by atoms with van der Waals surface area (Å²) in [4.78, 5) is 0. The standard InChI is InChI=1S/C8H15NO2/c9-7(3-4-7)8(10)2-1-5-11-6-8/h10H,1-6,9H2. The molecule has 1 saturated carbocycles. The molecule has 1 aliphatic heterocycles. The molecule has 3 heteroatoms. The summed E-state index contributed by atoms with van der Waals surface area (Å²) in [6.07, 6.45) is 3.65. The lowest BCUT2D eigenvalue weighted by Crippen LogP contribution is -2.55. The molecule has 1 atom stereocenters. The van der Waals surface area contributed by atoms with Crippen LogP contribution in [0.15, 0.2) is 0 Å². The van der Waals surface area contributed by atoms with Gasteiger partial charge in [-0.05, 0) is 25.7 Å². The number of aliphatic hydroxyl groups is 1. The first-order chi connectivity index (χ1) is 5.16. The second kappa shape index (κ2) is 2.19. The molecule has 0 aromatic carbocycles. The molecule has 0 amide bonds. The largest absolute Gasteiger partial charge is 0.386 e. The third-order valence-electron chi connectivity index (χ3n) is 2.94. The molecule has 0 aromatic rings. The van der Waals surface area contributed by atoms with E-state index in [9.17, 15) is 5.11 Å². The molecular weight excluding hydrogens is 142 g/mol. The number of nitrogens with two attached hydrogens (primary N) is 1. The molecular formula is C8H15NO2. The quantitative estimate of drug-likeness (QED) is 0.564. The molecule has 0 radical (unpaired) electrons. The molecule has 2 rings (SSSR count). The van der Waals surface area contributed by atoms with E-state index in [-0.39, 0.29) is 5.54 Å². The first kappa shape index (κ1) is 7.53. The van der Waals surface area contributed by atoms with Crippen LogP contribution >= 0.6 is 0 Å². The Morgan fingerprint density at radius 3 is 2.45 bits per heavy atom. The van der Waals surface area contributed by atoms with Crippen molar-refractivity contribution in [1.29, 1.82) is 0 Å². The van der Waals surface area contributed by atoms with E-state index in [4.69, 9.17) is 10.5 Å². The zero-order valence-electron chi connectivity index (χ0n) is 6.68. The zero-order valence-corrected chi connectivity index (χ0v) is 6.68. The van der Waals surface area contributed by atoms with E-state index in [0.29, 0.717) is 6.61 Å². The average molecular weight is 157 g/mol. The Kier molecular flexibility index (Phi) is 1.50. The summed E-state index contributed by atoms with van der Waals surface area (Å²) in [5.74, 6) is 0. The van der Waals surface area contributed by atoms with E-state index in [1.54, 1.807) is 0 Å². The fourth-order valence-electron chi connectivity index (χ4n) is 1.77. The fraction of sp³-hybridized carbons (Fsp3) is 1.00. The minimum absolute atomic E-state index is 0.312. The number of ether oxygens (including phenoxy) is 1. The normalized spacial score (nSPS) is 42.0. The molecule has 0 aromatic heterocycles. The summed E-state index contributed by atoms with van der Waals surface area (Å²) in [7, 11) is 0. The van der Waals surface area contributed by atoms with E-state index in [0.717, 1.165) is 32.3 Å². The average Bonchev–Trinajstić information content (AvgIpc) is 2.71. The Morgan fingerprint density at radius 1 is 1.27 bits per heavy atom. The van der Waals surface area contributed by atoms with Gasteiger partial charge in [-0.25, -0.2) is 0 Å². The van der Waals surface area contributed by atoms with Crippen LogP contribution in [0.5, 0.6) is 0 Å². The lowest BCUT2D eigenvalue weighted by molar-refractivity contribution is -0.106. The molecule has 0 spiro atoms. The maximum atomic E-state index is 10.0. The molecule has 1 heterocycles. The van der Waals surface area contributed by atoms with Gasteiger partial charge in [-0.1, -0.05) is 0 Å². The summed E-state index contributed by atoms with van der Waals surface area (Å²) in [5.41, 5.74) is 4.90. The number of rotatable bonds is 1. The molecule has 1 saturated heterocycles. The summed E-state index contributed by atoms with van der Waals surface area (Å²) in [6.45, 7) is 1.21. The monoisotopic (exact) mass is 157 g/mol. The van der Waals surface area contributed by atoms with Gasteiger partial charge in [0.2, 0.25) is 0 Å². The number of hydrogen-bond acceptors (Lipinski definition) is 3. The van der Waals surface area contributed by atoms with Crippen molar-refractivity contribution in [2.75, 3.05) is 13.2 Å². The fourth-order valence-corrected chi connectivity index (χ4v) is 1.77. The van der Waals surface area contributed by atoms with Gasteiger partial charge < -0.3 is 15.6 Å². The second-order valence-corrected chi connectivity index (χ2v) is 3.84. The summed E-state index contributed by atoms with van der Waals surface area (Å²) in [6, 6.07) is 0. The van der Waals surface area contributed by atoms with Gasteiger partial charge in [0, 0.05) is 12.1 Å². The highest BCUT2D eigenvalue weighted by molar-refractivity contribution is 5.14. The molecule has 0 bridgehead atoms. The van der Waals surface area contributed by atoms with E-state index < -0.39 is 5.60 Å². The van der Waals surface area contributed by atoms with Crippen molar-refractivity contribution in [3.63, 3.8) is 0 Å². The van der Waals surface area contributed by atoms with Crippen molar-refractivity contribution in [2.24, 2.45) is 5.73 Å². The molecule has 1 unspecified atom stereocenters. The van der Waals surface area contributed by atoms with Crippen LogP contribution < -0.4 is 5.73 Å². The lowest BCUT2D eigenvalue weighted by Gasteiger charge is -2.37.